The number of benzene rings is 1. The first-order valence-electron chi connectivity index (χ1n) is 7.08. The Bertz CT molecular complexity index is 445. The summed E-state index contributed by atoms with van der Waals surface area (Å²) in [5.41, 5.74) is 0.863. The molecule has 0 spiro atoms. The molecule has 0 aromatic heterocycles. The third kappa shape index (κ3) is 5.16. The Balaban J connectivity index is 2.87. The Morgan fingerprint density at radius 2 is 2.00 bits per heavy atom. The second kappa shape index (κ2) is 8.30. The molecule has 1 aromatic carbocycles. The molecule has 1 aromatic rings. The van der Waals surface area contributed by atoms with Crippen LogP contribution in [0.4, 0.5) is 0 Å². The summed E-state index contributed by atoms with van der Waals surface area (Å²) in [4.78, 5) is 11.6. The Kier molecular flexibility index (Phi) is 7.06. The van der Waals surface area contributed by atoms with Crippen LogP contribution in [0.1, 0.15) is 39.7 Å². The molecule has 0 aliphatic rings. The first-order valence-corrected chi connectivity index (χ1v) is 7.87. The van der Waals surface area contributed by atoms with Crippen molar-refractivity contribution in [2.75, 3.05) is 6.61 Å². The van der Waals surface area contributed by atoms with E-state index < -0.39 is 0 Å². The van der Waals surface area contributed by atoms with Crippen molar-refractivity contribution in [3.8, 4) is 5.75 Å². The molecule has 0 amide bonds. The summed E-state index contributed by atoms with van der Waals surface area (Å²) in [7, 11) is 0. The van der Waals surface area contributed by atoms with Crippen LogP contribution in [0.2, 0.25) is 0 Å². The summed E-state index contributed by atoms with van der Waals surface area (Å²) in [6.07, 6.45) is 1.40. The standard InChI is InChI=1S/C16H23BrO3/c1-5-11(3)12(4)20-15-10-14(17)8-7-13(15)9-16(18)19-6-2/h7-8,10-12H,5-6,9H2,1-4H3. The predicted molar refractivity (Wildman–Crippen MR) is 84.0 cm³/mol. The summed E-state index contributed by atoms with van der Waals surface area (Å²) >= 11 is 3.44. The van der Waals surface area contributed by atoms with Crippen LogP contribution in [-0.2, 0) is 16.0 Å². The van der Waals surface area contributed by atoms with E-state index in [4.69, 9.17) is 9.47 Å². The lowest BCUT2D eigenvalue weighted by molar-refractivity contribution is -0.142. The van der Waals surface area contributed by atoms with Crippen molar-refractivity contribution < 1.29 is 14.3 Å². The van der Waals surface area contributed by atoms with E-state index in [9.17, 15) is 4.79 Å². The molecule has 0 saturated heterocycles. The average Bonchev–Trinajstić information content (AvgIpc) is 2.41. The van der Waals surface area contributed by atoms with Gasteiger partial charge < -0.3 is 9.47 Å². The molecule has 0 radical (unpaired) electrons. The highest BCUT2D eigenvalue weighted by Crippen LogP contribution is 2.27. The van der Waals surface area contributed by atoms with Gasteiger partial charge in [0.15, 0.2) is 0 Å². The SMILES string of the molecule is CCOC(=O)Cc1ccc(Br)cc1OC(C)C(C)CC. The van der Waals surface area contributed by atoms with Crippen molar-refractivity contribution in [2.45, 2.75) is 46.6 Å². The third-order valence-corrected chi connectivity index (χ3v) is 3.92. The highest BCUT2D eigenvalue weighted by Gasteiger charge is 2.16. The van der Waals surface area contributed by atoms with E-state index in [0.717, 1.165) is 22.2 Å². The fraction of sp³-hybridized carbons (Fsp3) is 0.562. The smallest absolute Gasteiger partial charge is 0.310 e. The lowest BCUT2D eigenvalue weighted by Gasteiger charge is -2.22. The summed E-state index contributed by atoms with van der Waals surface area (Å²) < 4.78 is 12.0. The molecular weight excluding hydrogens is 320 g/mol. The quantitative estimate of drug-likeness (QED) is 0.690. The molecule has 2 unspecified atom stereocenters. The Morgan fingerprint density at radius 3 is 2.60 bits per heavy atom. The van der Waals surface area contributed by atoms with E-state index in [-0.39, 0.29) is 18.5 Å². The van der Waals surface area contributed by atoms with Gasteiger partial charge in [-0.25, -0.2) is 0 Å². The summed E-state index contributed by atoms with van der Waals surface area (Å²) in [5, 5.41) is 0. The number of esters is 1. The molecule has 0 fully saturated rings. The Labute approximate surface area is 129 Å². The van der Waals surface area contributed by atoms with E-state index in [1.807, 2.05) is 25.1 Å². The number of hydrogen-bond acceptors (Lipinski definition) is 3. The molecule has 0 N–H and O–H groups in total. The van der Waals surface area contributed by atoms with E-state index in [1.165, 1.54) is 0 Å². The van der Waals surface area contributed by atoms with Gasteiger partial charge in [0.1, 0.15) is 5.75 Å². The summed E-state index contributed by atoms with van der Waals surface area (Å²) in [5.74, 6) is 0.987. The maximum absolute atomic E-state index is 11.6. The van der Waals surface area contributed by atoms with Crippen LogP contribution < -0.4 is 4.74 Å². The zero-order chi connectivity index (χ0) is 15.1. The fourth-order valence-corrected chi connectivity index (χ4v) is 2.14. The average molecular weight is 343 g/mol. The number of rotatable bonds is 7. The molecule has 0 heterocycles. The van der Waals surface area contributed by atoms with Crippen LogP contribution in [0.25, 0.3) is 0 Å². The van der Waals surface area contributed by atoms with Gasteiger partial charge in [-0.2, -0.15) is 0 Å². The molecule has 2 atom stereocenters. The van der Waals surface area contributed by atoms with Crippen LogP contribution in [-0.4, -0.2) is 18.7 Å². The predicted octanol–water partition coefficient (Wildman–Crippen LogP) is 4.37. The maximum atomic E-state index is 11.6. The first-order chi connectivity index (χ1) is 9.47. The minimum absolute atomic E-state index is 0.107. The number of carbonyl (C=O) groups excluding carboxylic acids is 1. The van der Waals surface area contributed by atoms with E-state index in [1.54, 1.807) is 0 Å². The molecular formula is C16H23BrO3. The fourth-order valence-electron chi connectivity index (χ4n) is 1.80. The minimum Gasteiger partial charge on any atom is -0.490 e. The van der Waals surface area contributed by atoms with Crippen LogP contribution in [0.5, 0.6) is 5.75 Å². The number of halogens is 1. The highest BCUT2D eigenvalue weighted by atomic mass is 79.9. The third-order valence-electron chi connectivity index (χ3n) is 3.43. The minimum atomic E-state index is -0.226. The van der Waals surface area contributed by atoms with Crippen LogP contribution in [0.15, 0.2) is 22.7 Å². The monoisotopic (exact) mass is 342 g/mol. The number of ether oxygens (including phenoxy) is 2. The molecule has 112 valence electrons. The van der Waals surface area contributed by atoms with Gasteiger partial charge in [0, 0.05) is 10.0 Å². The molecule has 3 nitrogen and oxygen atoms in total. The maximum Gasteiger partial charge on any atom is 0.310 e. The second-order valence-electron chi connectivity index (χ2n) is 4.94. The topological polar surface area (TPSA) is 35.5 Å². The highest BCUT2D eigenvalue weighted by molar-refractivity contribution is 9.10. The van der Waals surface area contributed by atoms with Crippen molar-refractivity contribution in [1.29, 1.82) is 0 Å². The van der Waals surface area contributed by atoms with Gasteiger partial charge in [0.05, 0.1) is 19.1 Å². The molecule has 20 heavy (non-hydrogen) atoms. The van der Waals surface area contributed by atoms with Crippen molar-refractivity contribution >= 4 is 21.9 Å². The largest absolute Gasteiger partial charge is 0.490 e. The lowest BCUT2D eigenvalue weighted by atomic mass is 10.0. The van der Waals surface area contributed by atoms with Gasteiger partial charge in [-0.15, -0.1) is 0 Å². The van der Waals surface area contributed by atoms with Gasteiger partial charge in [0.2, 0.25) is 0 Å². The van der Waals surface area contributed by atoms with Crippen molar-refractivity contribution in [1.82, 2.24) is 0 Å². The van der Waals surface area contributed by atoms with Crippen molar-refractivity contribution in [2.24, 2.45) is 5.92 Å². The molecule has 4 heteroatoms. The van der Waals surface area contributed by atoms with Gasteiger partial charge >= 0.3 is 5.97 Å². The molecule has 0 aliphatic carbocycles. The molecule has 0 bridgehead atoms. The molecule has 0 saturated carbocycles. The summed E-state index contributed by atoms with van der Waals surface area (Å²) in [6.45, 7) is 8.57. The zero-order valence-corrected chi connectivity index (χ0v) is 14.2. The van der Waals surface area contributed by atoms with Crippen LogP contribution in [0.3, 0.4) is 0 Å². The zero-order valence-electron chi connectivity index (χ0n) is 12.6. The van der Waals surface area contributed by atoms with Gasteiger partial charge in [-0.1, -0.05) is 42.3 Å². The van der Waals surface area contributed by atoms with Gasteiger partial charge in [-0.3, -0.25) is 4.79 Å². The Hall–Kier alpha value is -1.03. The number of carbonyl (C=O) groups is 1. The van der Waals surface area contributed by atoms with Crippen LogP contribution >= 0.6 is 15.9 Å². The van der Waals surface area contributed by atoms with E-state index in [0.29, 0.717) is 12.5 Å². The van der Waals surface area contributed by atoms with E-state index >= 15 is 0 Å². The normalized spacial score (nSPS) is 13.7. The van der Waals surface area contributed by atoms with E-state index in [2.05, 4.69) is 36.7 Å². The first kappa shape index (κ1) is 17.0. The van der Waals surface area contributed by atoms with Gasteiger partial charge in [-0.05, 0) is 31.9 Å². The van der Waals surface area contributed by atoms with Crippen molar-refractivity contribution in [3.05, 3.63) is 28.2 Å². The second-order valence-corrected chi connectivity index (χ2v) is 5.86. The van der Waals surface area contributed by atoms with Crippen LogP contribution in [0, 0.1) is 5.92 Å². The Morgan fingerprint density at radius 1 is 1.30 bits per heavy atom. The van der Waals surface area contributed by atoms with Crippen molar-refractivity contribution in [3.63, 3.8) is 0 Å². The number of hydrogen-bond donors (Lipinski definition) is 0. The summed E-state index contributed by atoms with van der Waals surface area (Å²) in [6, 6.07) is 5.72. The van der Waals surface area contributed by atoms with Gasteiger partial charge in [0.25, 0.3) is 0 Å². The molecule has 1 rings (SSSR count). The molecule has 0 aliphatic heterocycles. The lowest BCUT2D eigenvalue weighted by Crippen LogP contribution is -2.21.